The number of aromatic nitrogens is 2. The SMILES string of the molecule is CN(c1cccc2cc(-c3ncc(CN4CCCC(C(=O)N5CCCC5)C4)s3)[nH]c12)S(=O)(=O)c1cccs1.O=C(O)C(F)(F)F. The van der Waals surface area contributed by atoms with Crippen LogP contribution >= 0.6 is 22.7 Å². The van der Waals surface area contributed by atoms with E-state index in [1.165, 1.54) is 15.6 Å². The molecule has 1 atom stereocenters. The molecule has 0 radical (unpaired) electrons. The number of hydrogen-bond donors (Lipinski definition) is 2. The lowest BCUT2D eigenvalue weighted by Crippen LogP contribution is -2.43. The number of piperidine rings is 1. The molecule has 2 N–H and O–H groups in total. The third kappa shape index (κ3) is 7.51. The number of aliphatic carboxylic acids is 1. The van der Waals surface area contributed by atoms with Crippen LogP contribution in [0.5, 0.6) is 0 Å². The zero-order valence-electron chi connectivity index (χ0n) is 24.3. The van der Waals surface area contributed by atoms with E-state index in [9.17, 15) is 26.4 Å². The Bertz CT molecular complexity index is 1750. The van der Waals surface area contributed by atoms with Gasteiger partial charge < -0.3 is 15.0 Å². The van der Waals surface area contributed by atoms with Crippen molar-refractivity contribution >= 4 is 61.2 Å². The topological polar surface area (TPSA) is 127 Å². The van der Waals surface area contributed by atoms with Crippen molar-refractivity contribution in [1.29, 1.82) is 0 Å². The molecule has 1 unspecified atom stereocenters. The maximum Gasteiger partial charge on any atom is 0.490 e. The van der Waals surface area contributed by atoms with Crippen LogP contribution in [0.2, 0.25) is 0 Å². The van der Waals surface area contributed by atoms with E-state index in [2.05, 4.69) is 14.9 Å². The number of thiophene rings is 1. The number of sulfonamides is 1. The van der Waals surface area contributed by atoms with Gasteiger partial charge in [0.05, 0.1) is 22.8 Å². The van der Waals surface area contributed by atoms with Gasteiger partial charge in [0.2, 0.25) is 5.91 Å². The Morgan fingerprint density at radius 2 is 1.87 bits per heavy atom. The molecule has 2 aliphatic rings. The summed E-state index contributed by atoms with van der Waals surface area (Å²) < 4.78 is 59.7. The Hall–Kier alpha value is -3.47. The normalized spacial score (nSPS) is 17.7. The van der Waals surface area contributed by atoms with Crippen LogP contribution in [0.25, 0.3) is 21.6 Å². The molecule has 1 amide bonds. The van der Waals surface area contributed by atoms with Crippen molar-refractivity contribution in [3.63, 3.8) is 0 Å². The van der Waals surface area contributed by atoms with Gasteiger partial charge in [-0.1, -0.05) is 18.2 Å². The molecule has 2 fully saturated rings. The van der Waals surface area contributed by atoms with E-state index < -0.39 is 22.2 Å². The van der Waals surface area contributed by atoms with E-state index in [-0.39, 0.29) is 5.92 Å². The molecule has 6 rings (SSSR count). The molecule has 3 aromatic heterocycles. The second-order valence-electron chi connectivity index (χ2n) is 10.9. The van der Waals surface area contributed by atoms with Crippen molar-refractivity contribution in [3.8, 4) is 10.7 Å². The lowest BCUT2D eigenvalue weighted by atomic mass is 9.96. The summed E-state index contributed by atoms with van der Waals surface area (Å²) in [5, 5.41) is 10.7. The van der Waals surface area contributed by atoms with Crippen LogP contribution in [0.15, 0.2) is 52.2 Å². The number of benzene rings is 1. The number of thiazole rings is 1. The fourth-order valence-electron chi connectivity index (χ4n) is 5.51. The number of fused-ring (bicyclic) bond motifs is 1. The second kappa shape index (κ2) is 13.5. The van der Waals surface area contributed by atoms with E-state index in [1.807, 2.05) is 35.4 Å². The first-order valence-corrected chi connectivity index (χ1v) is 17.4. The summed E-state index contributed by atoms with van der Waals surface area (Å²) in [5.41, 5.74) is 2.23. The minimum Gasteiger partial charge on any atom is -0.475 e. The number of likely N-dealkylation sites (tertiary alicyclic amines) is 2. The quantitative estimate of drug-likeness (QED) is 0.258. The predicted octanol–water partition coefficient (Wildman–Crippen LogP) is 5.65. The first-order valence-electron chi connectivity index (χ1n) is 14.2. The van der Waals surface area contributed by atoms with Crippen LogP contribution in [0.3, 0.4) is 0 Å². The number of rotatable bonds is 7. The molecular formula is C29H32F3N5O5S3. The van der Waals surface area contributed by atoms with Gasteiger partial charge in [-0.25, -0.2) is 18.2 Å². The maximum absolute atomic E-state index is 13.1. The molecule has 10 nitrogen and oxygen atoms in total. The number of aromatic amines is 1. The number of carboxylic acids is 1. The average Bonchev–Trinajstić information content (AvgIpc) is 3.83. The highest BCUT2D eigenvalue weighted by Gasteiger charge is 2.38. The molecule has 16 heteroatoms. The van der Waals surface area contributed by atoms with Crippen molar-refractivity contribution in [2.45, 2.75) is 42.6 Å². The summed E-state index contributed by atoms with van der Waals surface area (Å²) in [5.74, 6) is -2.33. The average molecular weight is 684 g/mol. The van der Waals surface area contributed by atoms with Crippen LogP contribution in [0.1, 0.15) is 30.6 Å². The van der Waals surface area contributed by atoms with Crippen LogP contribution in [-0.4, -0.2) is 84.6 Å². The molecule has 5 heterocycles. The molecule has 2 saturated heterocycles. The molecule has 0 bridgehead atoms. The van der Waals surface area contributed by atoms with Gasteiger partial charge in [-0.3, -0.25) is 14.0 Å². The van der Waals surface area contributed by atoms with Crippen LogP contribution in [-0.2, 0) is 26.2 Å². The summed E-state index contributed by atoms with van der Waals surface area (Å²) in [6.45, 7) is 4.42. The number of nitrogens with one attached hydrogen (secondary N) is 1. The number of carboxylic acid groups (broad SMARTS) is 1. The summed E-state index contributed by atoms with van der Waals surface area (Å²) in [7, 11) is -2.05. The number of alkyl halides is 3. The molecule has 4 aromatic rings. The second-order valence-corrected chi connectivity index (χ2v) is 15.1. The van der Waals surface area contributed by atoms with Crippen molar-refractivity contribution < 1.29 is 36.3 Å². The molecule has 45 heavy (non-hydrogen) atoms. The highest BCUT2D eigenvalue weighted by atomic mass is 32.2. The largest absolute Gasteiger partial charge is 0.490 e. The third-order valence-electron chi connectivity index (χ3n) is 7.76. The first-order chi connectivity index (χ1) is 21.3. The molecule has 1 aromatic carbocycles. The molecule has 242 valence electrons. The minimum atomic E-state index is -5.08. The van der Waals surface area contributed by atoms with Crippen molar-refractivity contribution in [2.75, 3.05) is 37.5 Å². The number of H-pyrrole nitrogens is 1. The van der Waals surface area contributed by atoms with Gasteiger partial charge in [0.1, 0.15) is 9.22 Å². The lowest BCUT2D eigenvalue weighted by molar-refractivity contribution is -0.192. The molecule has 0 spiro atoms. The molecule has 2 aliphatic heterocycles. The molecule has 0 aliphatic carbocycles. The van der Waals surface area contributed by atoms with Crippen LogP contribution in [0, 0.1) is 5.92 Å². The van der Waals surface area contributed by atoms with Gasteiger partial charge in [0.15, 0.2) is 0 Å². The lowest BCUT2D eigenvalue weighted by Gasteiger charge is -2.33. The van der Waals surface area contributed by atoms with Gasteiger partial charge in [-0.15, -0.1) is 22.7 Å². The number of nitrogens with zero attached hydrogens (tertiary/aromatic N) is 4. The molecule has 0 saturated carbocycles. The smallest absolute Gasteiger partial charge is 0.475 e. The monoisotopic (exact) mass is 683 g/mol. The van der Waals surface area contributed by atoms with E-state index in [4.69, 9.17) is 9.90 Å². The highest BCUT2D eigenvalue weighted by molar-refractivity contribution is 7.94. The van der Waals surface area contributed by atoms with E-state index in [0.717, 1.165) is 84.9 Å². The Labute approximate surface area is 266 Å². The van der Waals surface area contributed by atoms with Crippen LogP contribution < -0.4 is 4.31 Å². The Morgan fingerprint density at radius 1 is 1.13 bits per heavy atom. The fourth-order valence-corrected chi connectivity index (χ4v) is 8.81. The van der Waals surface area contributed by atoms with Gasteiger partial charge in [-0.2, -0.15) is 13.2 Å². The van der Waals surface area contributed by atoms with Crippen molar-refractivity contribution in [3.05, 3.63) is 52.9 Å². The number of halogens is 3. The zero-order chi connectivity index (χ0) is 32.4. The fraction of sp³-hybridized carbons (Fsp3) is 0.414. The number of anilines is 1. The number of carbonyl (C=O) groups excluding carboxylic acids is 1. The van der Waals surface area contributed by atoms with E-state index in [0.29, 0.717) is 15.8 Å². The Morgan fingerprint density at radius 3 is 2.53 bits per heavy atom. The number of hydrogen-bond acceptors (Lipinski definition) is 8. The minimum absolute atomic E-state index is 0.101. The maximum atomic E-state index is 13.1. The van der Waals surface area contributed by atoms with E-state index in [1.54, 1.807) is 35.9 Å². The summed E-state index contributed by atoms with van der Waals surface area (Å²) in [4.78, 5) is 35.5. The molecular weight excluding hydrogens is 652 g/mol. The summed E-state index contributed by atoms with van der Waals surface area (Å²) in [6, 6.07) is 11.1. The standard InChI is InChI=1S/C27H31N5O3S3.C2HF3O2/c1-30(38(34,35)24-10-6-14-36-24)23-9-4-7-19-15-22(29-25(19)23)26-28-16-21(37-26)18-31-11-5-8-20(17-31)27(33)32-12-2-3-13-32;3-2(4,5)1(6)7/h4,6-7,9-10,14-16,20,29H,2-3,5,8,11-13,17-18H2,1H3;(H,6,7). The number of para-hydroxylation sites is 1. The van der Waals surface area contributed by atoms with Crippen molar-refractivity contribution in [2.24, 2.45) is 5.92 Å². The Balaban J connectivity index is 0.000000515. The zero-order valence-corrected chi connectivity index (χ0v) is 26.7. The summed E-state index contributed by atoms with van der Waals surface area (Å²) >= 11 is 2.85. The van der Waals surface area contributed by atoms with Crippen molar-refractivity contribution in [1.82, 2.24) is 19.8 Å². The number of carbonyl (C=O) groups is 2. The summed E-state index contributed by atoms with van der Waals surface area (Å²) in [6.07, 6.45) is 1.12. The van der Waals surface area contributed by atoms with Gasteiger partial charge in [0, 0.05) is 49.7 Å². The van der Waals surface area contributed by atoms with Gasteiger partial charge in [0.25, 0.3) is 10.0 Å². The predicted molar refractivity (Wildman–Crippen MR) is 167 cm³/mol. The first kappa shape index (κ1) is 32.9. The van der Waals surface area contributed by atoms with Crippen LogP contribution in [0.4, 0.5) is 18.9 Å². The number of amides is 1. The van der Waals surface area contributed by atoms with Gasteiger partial charge in [-0.05, 0) is 55.8 Å². The highest BCUT2D eigenvalue weighted by Crippen LogP contribution is 2.35. The third-order valence-corrected chi connectivity index (χ3v) is 11.9. The van der Waals surface area contributed by atoms with Gasteiger partial charge >= 0.3 is 12.1 Å². The van der Waals surface area contributed by atoms with E-state index >= 15 is 0 Å². The Kier molecular flexibility index (Phi) is 9.86.